The van der Waals surface area contributed by atoms with Crippen LogP contribution in [0.2, 0.25) is 0 Å². The lowest BCUT2D eigenvalue weighted by molar-refractivity contribution is 0.260. The lowest BCUT2D eigenvalue weighted by Gasteiger charge is -2.28. The Bertz CT molecular complexity index is 388. The Kier molecular flexibility index (Phi) is 3.57. The normalized spacial score (nSPS) is 15.0. The van der Waals surface area contributed by atoms with E-state index in [9.17, 15) is 0 Å². The Hall–Kier alpha value is -1.22. The Balaban J connectivity index is 2.11. The Morgan fingerprint density at radius 3 is 3.00 bits per heavy atom. The van der Waals surface area contributed by atoms with E-state index in [0.717, 1.165) is 37.3 Å². The second-order valence-corrected chi connectivity index (χ2v) is 5.26. The summed E-state index contributed by atoms with van der Waals surface area (Å²) >= 11 is 0. The predicted octanol–water partition coefficient (Wildman–Crippen LogP) is 2.58. The van der Waals surface area contributed by atoms with Gasteiger partial charge in [0.05, 0.1) is 6.61 Å². The summed E-state index contributed by atoms with van der Waals surface area (Å²) in [4.78, 5) is 0. The summed E-state index contributed by atoms with van der Waals surface area (Å²) < 4.78 is 5.59. The zero-order valence-electron chi connectivity index (χ0n) is 10.6. The molecule has 0 saturated carbocycles. The molecule has 1 heterocycles. The van der Waals surface area contributed by atoms with Gasteiger partial charge in [0.25, 0.3) is 0 Å². The van der Waals surface area contributed by atoms with Crippen LogP contribution >= 0.6 is 0 Å². The Labute approximate surface area is 103 Å². The van der Waals surface area contributed by atoms with Crippen molar-refractivity contribution in [1.82, 2.24) is 0 Å². The van der Waals surface area contributed by atoms with Crippen LogP contribution in [0.25, 0.3) is 0 Å². The number of aliphatic hydroxyl groups excluding tert-OH is 1. The molecular formula is C14H21NO2. The SMILES string of the molecule is CC(C)(CCO)Nc1ccc2c(c1)CCCO2. The monoisotopic (exact) mass is 235 g/mol. The quantitative estimate of drug-likeness (QED) is 0.843. The lowest BCUT2D eigenvalue weighted by atomic mass is 9.99. The van der Waals surface area contributed by atoms with E-state index in [1.165, 1.54) is 5.56 Å². The van der Waals surface area contributed by atoms with Gasteiger partial charge in [-0.15, -0.1) is 0 Å². The molecule has 3 nitrogen and oxygen atoms in total. The first-order valence-corrected chi connectivity index (χ1v) is 6.25. The molecule has 0 saturated heterocycles. The predicted molar refractivity (Wildman–Crippen MR) is 69.7 cm³/mol. The third-order valence-corrected chi connectivity index (χ3v) is 3.13. The maximum Gasteiger partial charge on any atom is 0.122 e. The van der Waals surface area contributed by atoms with Gasteiger partial charge in [0.2, 0.25) is 0 Å². The van der Waals surface area contributed by atoms with Crippen molar-refractivity contribution in [3.8, 4) is 5.75 Å². The van der Waals surface area contributed by atoms with Gasteiger partial charge in [0, 0.05) is 17.8 Å². The molecule has 0 unspecified atom stereocenters. The summed E-state index contributed by atoms with van der Waals surface area (Å²) in [5, 5.41) is 12.5. The number of hydrogen-bond donors (Lipinski definition) is 2. The fourth-order valence-corrected chi connectivity index (χ4v) is 2.17. The molecule has 0 spiro atoms. The molecule has 0 amide bonds. The van der Waals surface area contributed by atoms with Crippen molar-refractivity contribution in [1.29, 1.82) is 0 Å². The fraction of sp³-hybridized carbons (Fsp3) is 0.571. The minimum atomic E-state index is -0.0848. The first-order valence-electron chi connectivity index (χ1n) is 6.25. The molecule has 94 valence electrons. The summed E-state index contributed by atoms with van der Waals surface area (Å²) in [6.45, 7) is 5.22. The van der Waals surface area contributed by atoms with Crippen molar-refractivity contribution in [3.05, 3.63) is 23.8 Å². The number of fused-ring (bicyclic) bond motifs is 1. The summed E-state index contributed by atoms with van der Waals surface area (Å²) in [6, 6.07) is 6.24. The third-order valence-electron chi connectivity index (χ3n) is 3.13. The fourth-order valence-electron chi connectivity index (χ4n) is 2.17. The van der Waals surface area contributed by atoms with E-state index in [4.69, 9.17) is 9.84 Å². The first-order chi connectivity index (χ1) is 8.11. The van der Waals surface area contributed by atoms with Crippen LogP contribution in [0.5, 0.6) is 5.75 Å². The molecule has 1 aliphatic rings. The molecule has 1 aliphatic heterocycles. The van der Waals surface area contributed by atoms with Crippen molar-refractivity contribution in [2.75, 3.05) is 18.5 Å². The van der Waals surface area contributed by atoms with E-state index in [1.54, 1.807) is 0 Å². The molecule has 0 aliphatic carbocycles. The number of rotatable bonds is 4. The summed E-state index contributed by atoms with van der Waals surface area (Å²) in [6.07, 6.45) is 2.92. The van der Waals surface area contributed by atoms with Crippen LogP contribution in [0.3, 0.4) is 0 Å². The highest BCUT2D eigenvalue weighted by Gasteiger charge is 2.17. The molecule has 0 atom stereocenters. The first kappa shape index (κ1) is 12.2. The highest BCUT2D eigenvalue weighted by atomic mass is 16.5. The van der Waals surface area contributed by atoms with Gasteiger partial charge >= 0.3 is 0 Å². The van der Waals surface area contributed by atoms with Gasteiger partial charge in [-0.3, -0.25) is 0 Å². The molecule has 1 aromatic carbocycles. The topological polar surface area (TPSA) is 41.5 Å². The molecule has 0 fully saturated rings. The van der Waals surface area contributed by atoms with Crippen molar-refractivity contribution in [3.63, 3.8) is 0 Å². The van der Waals surface area contributed by atoms with Gasteiger partial charge in [0.1, 0.15) is 5.75 Å². The highest BCUT2D eigenvalue weighted by Crippen LogP contribution is 2.29. The van der Waals surface area contributed by atoms with Gasteiger partial charge in [-0.1, -0.05) is 0 Å². The van der Waals surface area contributed by atoms with Crippen molar-refractivity contribution < 1.29 is 9.84 Å². The second-order valence-electron chi connectivity index (χ2n) is 5.26. The van der Waals surface area contributed by atoms with Gasteiger partial charge in [-0.2, -0.15) is 0 Å². The molecule has 0 aromatic heterocycles. The summed E-state index contributed by atoms with van der Waals surface area (Å²) in [7, 11) is 0. The van der Waals surface area contributed by atoms with Gasteiger partial charge in [-0.25, -0.2) is 0 Å². The van der Waals surface area contributed by atoms with Gasteiger partial charge in [0.15, 0.2) is 0 Å². The largest absolute Gasteiger partial charge is 0.493 e. The third kappa shape index (κ3) is 3.13. The standard InChI is InChI=1S/C14H21NO2/c1-14(2,7-8-16)15-12-5-6-13-11(10-12)4-3-9-17-13/h5-6,10,15-16H,3-4,7-9H2,1-2H3. The van der Waals surface area contributed by atoms with E-state index in [0.29, 0.717) is 0 Å². The average molecular weight is 235 g/mol. The number of anilines is 1. The van der Waals surface area contributed by atoms with Crippen LogP contribution in [-0.2, 0) is 6.42 Å². The van der Waals surface area contributed by atoms with E-state index < -0.39 is 0 Å². The molecule has 1 aromatic rings. The Morgan fingerprint density at radius 2 is 2.24 bits per heavy atom. The number of benzene rings is 1. The molecule has 2 N–H and O–H groups in total. The van der Waals surface area contributed by atoms with Crippen LogP contribution in [0, 0.1) is 0 Å². The minimum absolute atomic E-state index is 0.0848. The maximum absolute atomic E-state index is 9.01. The smallest absolute Gasteiger partial charge is 0.122 e. The molecule has 2 rings (SSSR count). The maximum atomic E-state index is 9.01. The van der Waals surface area contributed by atoms with Crippen LogP contribution in [0.1, 0.15) is 32.3 Å². The zero-order chi connectivity index (χ0) is 12.3. The van der Waals surface area contributed by atoms with Crippen molar-refractivity contribution in [2.24, 2.45) is 0 Å². The molecular weight excluding hydrogens is 214 g/mol. The number of aryl methyl sites for hydroxylation is 1. The van der Waals surface area contributed by atoms with Crippen LogP contribution in [-0.4, -0.2) is 23.9 Å². The minimum Gasteiger partial charge on any atom is -0.493 e. The van der Waals surface area contributed by atoms with Crippen LogP contribution in [0.15, 0.2) is 18.2 Å². The van der Waals surface area contributed by atoms with Crippen LogP contribution < -0.4 is 10.1 Å². The molecule has 0 bridgehead atoms. The van der Waals surface area contributed by atoms with Gasteiger partial charge in [-0.05, 0) is 56.9 Å². The van der Waals surface area contributed by atoms with Crippen LogP contribution in [0.4, 0.5) is 5.69 Å². The van der Waals surface area contributed by atoms with E-state index in [2.05, 4.69) is 25.2 Å². The second kappa shape index (κ2) is 4.96. The molecule has 3 heteroatoms. The summed E-state index contributed by atoms with van der Waals surface area (Å²) in [5.41, 5.74) is 2.30. The summed E-state index contributed by atoms with van der Waals surface area (Å²) in [5.74, 6) is 1.02. The zero-order valence-corrected chi connectivity index (χ0v) is 10.6. The van der Waals surface area contributed by atoms with Crippen molar-refractivity contribution in [2.45, 2.75) is 38.6 Å². The number of hydrogen-bond acceptors (Lipinski definition) is 3. The Morgan fingerprint density at radius 1 is 1.41 bits per heavy atom. The van der Waals surface area contributed by atoms with Crippen molar-refractivity contribution >= 4 is 5.69 Å². The van der Waals surface area contributed by atoms with E-state index in [1.807, 2.05) is 12.1 Å². The number of aliphatic hydroxyl groups is 1. The molecule has 17 heavy (non-hydrogen) atoms. The molecule has 0 radical (unpaired) electrons. The van der Waals surface area contributed by atoms with Gasteiger partial charge < -0.3 is 15.2 Å². The lowest BCUT2D eigenvalue weighted by Crippen LogP contribution is -2.31. The van der Waals surface area contributed by atoms with E-state index in [-0.39, 0.29) is 12.1 Å². The average Bonchev–Trinajstić information content (AvgIpc) is 2.28. The highest BCUT2D eigenvalue weighted by molar-refractivity contribution is 5.53. The van der Waals surface area contributed by atoms with E-state index >= 15 is 0 Å². The number of ether oxygens (including phenoxy) is 1. The number of nitrogens with one attached hydrogen (secondary N) is 1.